The molecule has 4 rings (SSSR count). The number of rotatable bonds is 5. The Morgan fingerprint density at radius 3 is 2.62 bits per heavy atom. The van der Waals surface area contributed by atoms with Crippen LogP contribution >= 0.6 is 0 Å². The largest absolute Gasteiger partial charge is 0.490 e. The summed E-state index contributed by atoms with van der Waals surface area (Å²) in [7, 11) is 0. The second-order valence-electron chi connectivity index (χ2n) is 7.02. The fourth-order valence-corrected chi connectivity index (χ4v) is 3.83. The molecule has 1 aliphatic rings. The van der Waals surface area contributed by atoms with Crippen molar-refractivity contribution in [3.05, 3.63) is 101 Å². The van der Waals surface area contributed by atoms with E-state index in [1.165, 1.54) is 24.3 Å². The molecule has 0 spiro atoms. The normalized spacial score (nSPS) is 15.7. The number of nitrogens with zero attached hydrogens (tertiary/aromatic N) is 1. The summed E-state index contributed by atoms with van der Waals surface area (Å²) >= 11 is 0. The van der Waals surface area contributed by atoms with Crippen molar-refractivity contribution in [3.63, 3.8) is 0 Å². The molecule has 3 aromatic carbocycles. The van der Waals surface area contributed by atoms with Crippen molar-refractivity contribution in [1.82, 2.24) is 4.90 Å². The number of hydrogen-bond acceptors (Lipinski definition) is 2. The number of benzene rings is 3. The molecule has 3 nitrogen and oxygen atoms in total. The molecule has 0 N–H and O–H groups in total. The molecule has 148 valence electrons. The molecule has 0 aromatic heterocycles. The first-order chi connectivity index (χ1) is 14.1. The minimum atomic E-state index is -0.454. The Hall–Kier alpha value is -3.21. The zero-order valence-corrected chi connectivity index (χ0v) is 15.9. The van der Waals surface area contributed by atoms with E-state index in [2.05, 4.69) is 0 Å². The van der Waals surface area contributed by atoms with E-state index in [0.29, 0.717) is 6.54 Å². The Bertz CT molecular complexity index is 1020. The zero-order valence-electron chi connectivity index (χ0n) is 15.9. The van der Waals surface area contributed by atoms with E-state index in [4.69, 9.17) is 4.74 Å². The van der Waals surface area contributed by atoms with Crippen molar-refractivity contribution in [2.75, 3.05) is 13.2 Å². The Balaban J connectivity index is 1.55. The predicted molar refractivity (Wildman–Crippen MR) is 107 cm³/mol. The summed E-state index contributed by atoms with van der Waals surface area (Å²) in [6.07, 6.45) is 0.851. The van der Waals surface area contributed by atoms with E-state index < -0.39 is 5.82 Å². The standard InChI is InChI=1S/C24H21F2NO2/c25-19-8-5-7-18(16-19)24-20-9-2-1-6-17(20)12-14-27(24)23(28)13-15-29-22-11-4-3-10-21(22)26/h1-11,16,24H,12-15H2. The van der Waals surface area contributed by atoms with E-state index >= 15 is 0 Å². The lowest BCUT2D eigenvalue weighted by atomic mass is 9.88. The van der Waals surface area contributed by atoms with Gasteiger partial charge >= 0.3 is 0 Å². The van der Waals surface area contributed by atoms with Crippen LogP contribution in [-0.2, 0) is 11.2 Å². The smallest absolute Gasteiger partial charge is 0.226 e. The number of halogens is 2. The number of fused-ring (bicyclic) bond motifs is 1. The van der Waals surface area contributed by atoms with Crippen LogP contribution in [0.2, 0.25) is 0 Å². The second-order valence-corrected chi connectivity index (χ2v) is 7.02. The number of amides is 1. The van der Waals surface area contributed by atoms with Crippen molar-refractivity contribution in [1.29, 1.82) is 0 Å². The van der Waals surface area contributed by atoms with Crippen LogP contribution in [0.4, 0.5) is 8.78 Å². The highest BCUT2D eigenvalue weighted by Crippen LogP contribution is 2.35. The van der Waals surface area contributed by atoms with E-state index in [9.17, 15) is 13.6 Å². The van der Waals surface area contributed by atoms with E-state index in [1.54, 1.807) is 23.1 Å². The molecule has 1 heterocycles. The van der Waals surface area contributed by atoms with Gasteiger partial charge in [-0.15, -0.1) is 0 Å². The highest BCUT2D eigenvalue weighted by atomic mass is 19.1. The number of ether oxygens (including phenoxy) is 1. The lowest BCUT2D eigenvalue weighted by Crippen LogP contribution is -2.41. The first-order valence-corrected chi connectivity index (χ1v) is 9.63. The van der Waals surface area contributed by atoms with Crippen LogP contribution < -0.4 is 4.74 Å². The van der Waals surface area contributed by atoms with E-state index in [1.807, 2.05) is 30.3 Å². The molecule has 3 aromatic rings. The van der Waals surface area contributed by atoms with Gasteiger partial charge in [0.05, 0.1) is 19.1 Å². The summed E-state index contributed by atoms with van der Waals surface area (Å²) in [6, 6.07) is 20.1. The summed E-state index contributed by atoms with van der Waals surface area (Å²) in [5.74, 6) is -0.763. The Morgan fingerprint density at radius 1 is 1.00 bits per heavy atom. The van der Waals surface area contributed by atoms with Crippen LogP contribution in [0.1, 0.15) is 29.2 Å². The molecule has 29 heavy (non-hydrogen) atoms. The SMILES string of the molecule is O=C(CCOc1ccccc1F)N1CCc2ccccc2C1c1cccc(F)c1. The lowest BCUT2D eigenvalue weighted by molar-refractivity contribution is -0.133. The summed E-state index contributed by atoms with van der Waals surface area (Å²) in [4.78, 5) is 14.8. The van der Waals surface area contributed by atoms with Crippen LogP contribution in [0.3, 0.4) is 0 Å². The highest BCUT2D eigenvalue weighted by Gasteiger charge is 2.31. The van der Waals surface area contributed by atoms with Crippen LogP contribution in [0.5, 0.6) is 5.75 Å². The topological polar surface area (TPSA) is 29.5 Å². The van der Waals surface area contributed by atoms with Crippen molar-refractivity contribution in [2.24, 2.45) is 0 Å². The van der Waals surface area contributed by atoms with E-state index in [-0.39, 0.29) is 36.5 Å². The van der Waals surface area contributed by atoms with Gasteiger partial charge in [-0.3, -0.25) is 4.79 Å². The lowest BCUT2D eigenvalue weighted by Gasteiger charge is -2.38. The van der Waals surface area contributed by atoms with Gasteiger partial charge in [-0.05, 0) is 47.4 Å². The summed E-state index contributed by atoms with van der Waals surface area (Å²) < 4.78 is 33.0. The fourth-order valence-electron chi connectivity index (χ4n) is 3.83. The Kier molecular flexibility index (Phi) is 5.56. The molecular formula is C24H21F2NO2. The third-order valence-corrected chi connectivity index (χ3v) is 5.18. The molecule has 1 atom stereocenters. The fraction of sp³-hybridized carbons (Fsp3) is 0.208. The molecule has 1 unspecified atom stereocenters. The first-order valence-electron chi connectivity index (χ1n) is 9.63. The van der Waals surface area contributed by atoms with Crippen molar-refractivity contribution in [2.45, 2.75) is 18.9 Å². The van der Waals surface area contributed by atoms with Gasteiger partial charge in [-0.25, -0.2) is 8.78 Å². The second kappa shape index (κ2) is 8.43. The molecular weight excluding hydrogens is 372 g/mol. The monoisotopic (exact) mass is 393 g/mol. The van der Waals surface area contributed by atoms with Gasteiger partial charge in [0, 0.05) is 6.54 Å². The maximum atomic E-state index is 13.9. The third kappa shape index (κ3) is 4.14. The molecule has 1 aliphatic heterocycles. The van der Waals surface area contributed by atoms with Gasteiger partial charge in [0.2, 0.25) is 5.91 Å². The first kappa shape index (κ1) is 19.1. The van der Waals surface area contributed by atoms with Gasteiger partial charge in [-0.1, -0.05) is 48.5 Å². The van der Waals surface area contributed by atoms with Gasteiger partial charge < -0.3 is 9.64 Å². The average Bonchev–Trinajstić information content (AvgIpc) is 2.74. The van der Waals surface area contributed by atoms with Crippen molar-refractivity contribution < 1.29 is 18.3 Å². The molecule has 5 heteroatoms. The van der Waals surface area contributed by atoms with Gasteiger partial charge in [-0.2, -0.15) is 0 Å². The van der Waals surface area contributed by atoms with Crippen LogP contribution in [-0.4, -0.2) is 24.0 Å². The zero-order chi connectivity index (χ0) is 20.2. The molecule has 0 saturated carbocycles. The minimum absolute atomic E-state index is 0.0772. The molecule has 0 bridgehead atoms. The number of carbonyl (C=O) groups is 1. The number of carbonyl (C=O) groups excluding carboxylic acids is 1. The maximum absolute atomic E-state index is 13.9. The third-order valence-electron chi connectivity index (χ3n) is 5.18. The molecule has 0 radical (unpaired) electrons. The van der Waals surface area contributed by atoms with E-state index in [0.717, 1.165) is 23.1 Å². The molecule has 0 fully saturated rings. The van der Waals surface area contributed by atoms with Crippen LogP contribution in [0.25, 0.3) is 0 Å². The summed E-state index contributed by atoms with van der Waals surface area (Å²) in [6.45, 7) is 0.616. The summed E-state index contributed by atoms with van der Waals surface area (Å²) in [5, 5.41) is 0. The van der Waals surface area contributed by atoms with Crippen molar-refractivity contribution in [3.8, 4) is 5.75 Å². The maximum Gasteiger partial charge on any atom is 0.226 e. The highest BCUT2D eigenvalue weighted by molar-refractivity contribution is 5.78. The van der Waals surface area contributed by atoms with Crippen LogP contribution in [0.15, 0.2) is 72.8 Å². The average molecular weight is 393 g/mol. The van der Waals surface area contributed by atoms with Crippen molar-refractivity contribution >= 4 is 5.91 Å². The quantitative estimate of drug-likeness (QED) is 0.617. The van der Waals surface area contributed by atoms with Gasteiger partial charge in [0.15, 0.2) is 11.6 Å². The molecule has 1 amide bonds. The Morgan fingerprint density at radius 2 is 1.79 bits per heavy atom. The predicted octanol–water partition coefficient (Wildman–Crippen LogP) is 4.91. The molecule has 0 saturated heterocycles. The number of hydrogen-bond donors (Lipinski definition) is 0. The minimum Gasteiger partial charge on any atom is -0.490 e. The number of para-hydroxylation sites is 1. The Labute approximate surface area is 168 Å². The summed E-state index contributed by atoms with van der Waals surface area (Å²) in [5.41, 5.74) is 2.90. The molecule has 0 aliphatic carbocycles. The van der Waals surface area contributed by atoms with Gasteiger partial charge in [0.25, 0.3) is 0 Å². The van der Waals surface area contributed by atoms with Gasteiger partial charge in [0.1, 0.15) is 5.82 Å². The van der Waals surface area contributed by atoms with Crippen LogP contribution in [0, 0.1) is 11.6 Å².